The summed E-state index contributed by atoms with van der Waals surface area (Å²) in [5.74, 6) is 0.611. The van der Waals surface area contributed by atoms with Crippen LogP contribution in [0.2, 0.25) is 0 Å². The van der Waals surface area contributed by atoms with Crippen LogP contribution in [0.15, 0.2) is 36.5 Å². The van der Waals surface area contributed by atoms with E-state index >= 15 is 0 Å². The highest BCUT2D eigenvalue weighted by Crippen LogP contribution is 2.07. The maximum absolute atomic E-state index is 5.68. The van der Waals surface area contributed by atoms with Crippen molar-refractivity contribution in [1.29, 1.82) is 0 Å². The molecule has 96 valence electrons. The van der Waals surface area contributed by atoms with Gasteiger partial charge < -0.3 is 10.5 Å². The van der Waals surface area contributed by atoms with Crippen molar-refractivity contribution < 1.29 is 4.74 Å². The van der Waals surface area contributed by atoms with E-state index in [4.69, 9.17) is 10.5 Å². The molecule has 18 heavy (non-hydrogen) atoms. The van der Waals surface area contributed by atoms with Gasteiger partial charge in [-0.2, -0.15) is 5.10 Å². The Morgan fingerprint density at radius 3 is 2.72 bits per heavy atom. The summed E-state index contributed by atoms with van der Waals surface area (Å²) in [6.45, 7) is 4.20. The molecule has 1 aromatic carbocycles. The minimum absolute atomic E-state index is 0.611. The van der Waals surface area contributed by atoms with Crippen LogP contribution in [-0.2, 0) is 17.9 Å². The van der Waals surface area contributed by atoms with E-state index in [2.05, 4.69) is 17.2 Å². The minimum Gasteiger partial charge on any atom is -0.382 e. The summed E-state index contributed by atoms with van der Waals surface area (Å²) in [5, 5.41) is 4.20. The van der Waals surface area contributed by atoms with Crippen LogP contribution in [0.4, 0.5) is 5.82 Å². The van der Waals surface area contributed by atoms with Gasteiger partial charge in [-0.25, -0.2) is 0 Å². The van der Waals surface area contributed by atoms with Gasteiger partial charge in [0.1, 0.15) is 5.82 Å². The van der Waals surface area contributed by atoms with Gasteiger partial charge in [0.2, 0.25) is 0 Å². The molecule has 0 bridgehead atoms. The highest BCUT2D eigenvalue weighted by atomic mass is 16.5. The quantitative estimate of drug-likeness (QED) is 0.795. The van der Waals surface area contributed by atoms with Gasteiger partial charge in [-0.3, -0.25) is 4.68 Å². The Balaban J connectivity index is 1.64. The number of rotatable bonds is 6. The van der Waals surface area contributed by atoms with Crippen LogP contribution in [-0.4, -0.2) is 16.4 Å². The van der Waals surface area contributed by atoms with E-state index < -0.39 is 0 Å². The fourth-order valence-electron chi connectivity index (χ4n) is 1.74. The van der Waals surface area contributed by atoms with E-state index in [-0.39, 0.29) is 0 Å². The number of aryl methyl sites for hydroxylation is 2. The van der Waals surface area contributed by atoms with Gasteiger partial charge in [-0.15, -0.1) is 0 Å². The Morgan fingerprint density at radius 2 is 2.06 bits per heavy atom. The molecule has 0 aliphatic rings. The second-order valence-corrected chi connectivity index (χ2v) is 4.35. The Labute approximate surface area is 107 Å². The number of nitrogens with two attached hydrogens (primary N) is 1. The zero-order valence-electron chi connectivity index (χ0n) is 10.7. The van der Waals surface area contributed by atoms with Crippen molar-refractivity contribution in [1.82, 2.24) is 9.78 Å². The number of benzene rings is 1. The third kappa shape index (κ3) is 3.60. The summed E-state index contributed by atoms with van der Waals surface area (Å²) < 4.78 is 7.48. The highest BCUT2D eigenvalue weighted by Gasteiger charge is 2.00. The molecule has 0 aliphatic heterocycles. The Bertz CT molecular complexity index is 460. The second kappa shape index (κ2) is 6.21. The third-order valence-corrected chi connectivity index (χ3v) is 2.77. The number of ether oxygens (including phenoxy) is 1. The molecule has 0 atom stereocenters. The number of nitrogen functional groups attached to an aromatic ring is 1. The van der Waals surface area contributed by atoms with Crippen molar-refractivity contribution in [3.8, 4) is 0 Å². The maximum atomic E-state index is 5.68. The van der Waals surface area contributed by atoms with Gasteiger partial charge in [-0.05, 0) is 18.9 Å². The number of anilines is 1. The first kappa shape index (κ1) is 12.6. The van der Waals surface area contributed by atoms with Gasteiger partial charge in [0.25, 0.3) is 0 Å². The van der Waals surface area contributed by atoms with Gasteiger partial charge >= 0.3 is 0 Å². The molecule has 2 rings (SSSR count). The summed E-state index contributed by atoms with van der Waals surface area (Å²) in [4.78, 5) is 0. The first-order chi connectivity index (χ1) is 8.75. The summed E-state index contributed by atoms with van der Waals surface area (Å²) in [6.07, 6.45) is 2.90. The molecule has 0 radical (unpaired) electrons. The number of aromatic nitrogens is 2. The summed E-state index contributed by atoms with van der Waals surface area (Å²) in [6, 6.07) is 10.2. The summed E-state index contributed by atoms with van der Waals surface area (Å²) in [7, 11) is 0. The van der Waals surface area contributed by atoms with Gasteiger partial charge in [0.15, 0.2) is 0 Å². The van der Waals surface area contributed by atoms with Gasteiger partial charge in [0.05, 0.1) is 6.61 Å². The van der Waals surface area contributed by atoms with Crippen molar-refractivity contribution in [3.63, 3.8) is 0 Å². The first-order valence-corrected chi connectivity index (χ1v) is 6.17. The van der Waals surface area contributed by atoms with Crippen molar-refractivity contribution in [2.45, 2.75) is 26.5 Å². The topological polar surface area (TPSA) is 53.1 Å². The molecule has 0 amide bonds. The van der Waals surface area contributed by atoms with E-state index in [0.717, 1.165) is 25.1 Å². The van der Waals surface area contributed by atoms with Crippen LogP contribution < -0.4 is 5.73 Å². The average molecular weight is 245 g/mol. The molecular weight excluding hydrogens is 226 g/mol. The molecule has 4 nitrogen and oxygen atoms in total. The van der Waals surface area contributed by atoms with Crippen LogP contribution >= 0.6 is 0 Å². The van der Waals surface area contributed by atoms with Crippen LogP contribution in [0.25, 0.3) is 0 Å². The molecule has 0 fully saturated rings. The standard InChI is InChI=1S/C14H19N3O/c1-12-10-17(16-14(12)15)8-5-9-18-11-13-6-3-2-4-7-13/h2-4,6-7,10H,5,8-9,11H2,1H3,(H2,15,16). The lowest BCUT2D eigenvalue weighted by molar-refractivity contribution is 0.115. The largest absolute Gasteiger partial charge is 0.382 e. The van der Waals surface area contributed by atoms with Gasteiger partial charge in [0, 0.05) is 24.9 Å². The maximum Gasteiger partial charge on any atom is 0.148 e. The van der Waals surface area contributed by atoms with E-state index in [1.54, 1.807) is 0 Å². The monoisotopic (exact) mass is 245 g/mol. The molecule has 2 N–H and O–H groups in total. The predicted molar refractivity (Wildman–Crippen MR) is 72.1 cm³/mol. The summed E-state index contributed by atoms with van der Waals surface area (Å²) >= 11 is 0. The smallest absolute Gasteiger partial charge is 0.148 e. The van der Waals surface area contributed by atoms with Crippen molar-refractivity contribution in [2.75, 3.05) is 12.3 Å². The average Bonchev–Trinajstić information content (AvgIpc) is 2.70. The zero-order valence-corrected chi connectivity index (χ0v) is 10.7. The Morgan fingerprint density at radius 1 is 1.28 bits per heavy atom. The Hall–Kier alpha value is -1.81. The lowest BCUT2D eigenvalue weighted by Gasteiger charge is -2.04. The first-order valence-electron chi connectivity index (χ1n) is 6.17. The Kier molecular flexibility index (Phi) is 4.36. The number of nitrogens with zero attached hydrogens (tertiary/aromatic N) is 2. The lowest BCUT2D eigenvalue weighted by atomic mass is 10.2. The number of hydrogen-bond acceptors (Lipinski definition) is 3. The van der Waals surface area contributed by atoms with Crippen LogP contribution in [0.3, 0.4) is 0 Å². The molecule has 1 aromatic heterocycles. The zero-order chi connectivity index (χ0) is 12.8. The minimum atomic E-state index is 0.611. The van der Waals surface area contributed by atoms with Crippen molar-refractivity contribution in [3.05, 3.63) is 47.7 Å². The SMILES string of the molecule is Cc1cn(CCCOCc2ccccc2)nc1N. The van der Waals surface area contributed by atoms with E-state index in [1.165, 1.54) is 5.56 Å². The molecule has 1 heterocycles. The summed E-state index contributed by atoms with van der Waals surface area (Å²) in [5.41, 5.74) is 7.92. The third-order valence-electron chi connectivity index (χ3n) is 2.77. The fraction of sp³-hybridized carbons (Fsp3) is 0.357. The van der Waals surface area contributed by atoms with Crippen LogP contribution in [0, 0.1) is 6.92 Å². The molecule has 2 aromatic rings. The van der Waals surface area contributed by atoms with E-state index in [1.807, 2.05) is 36.0 Å². The van der Waals surface area contributed by atoms with Gasteiger partial charge in [-0.1, -0.05) is 30.3 Å². The molecule has 0 unspecified atom stereocenters. The second-order valence-electron chi connectivity index (χ2n) is 4.35. The molecule has 0 aliphatic carbocycles. The van der Waals surface area contributed by atoms with Crippen LogP contribution in [0.5, 0.6) is 0 Å². The molecule has 0 saturated carbocycles. The molecular formula is C14H19N3O. The normalized spacial score (nSPS) is 10.7. The molecule has 0 saturated heterocycles. The predicted octanol–water partition coefficient (Wildman–Crippen LogP) is 2.38. The highest BCUT2D eigenvalue weighted by molar-refractivity contribution is 5.35. The van der Waals surface area contributed by atoms with Crippen molar-refractivity contribution in [2.24, 2.45) is 0 Å². The number of hydrogen-bond donors (Lipinski definition) is 1. The van der Waals surface area contributed by atoms with E-state index in [9.17, 15) is 0 Å². The molecule has 4 heteroatoms. The van der Waals surface area contributed by atoms with Crippen LogP contribution in [0.1, 0.15) is 17.5 Å². The van der Waals surface area contributed by atoms with Crippen molar-refractivity contribution >= 4 is 5.82 Å². The fourth-order valence-corrected chi connectivity index (χ4v) is 1.74. The van der Waals surface area contributed by atoms with E-state index in [0.29, 0.717) is 12.4 Å². The lowest BCUT2D eigenvalue weighted by Crippen LogP contribution is -2.04. The molecule has 0 spiro atoms.